The largest absolute Gasteiger partial charge is 0.493 e. The maximum absolute atomic E-state index is 12.0. The third-order valence-electron chi connectivity index (χ3n) is 4.11. The smallest absolute Gasteiger partial charge is 0.257 e. The van der Waals surface area contributed by atoms with E-state index in [2.05, 4.69) is 19.8 Å². The highest BCUT2D eigenvalue weighted by Crippen LogP contribution is 2.27. The van der Waals surface area contributed by atoms with E-state index in [1.54, 1.807) is 0 Å². The number of hydrogen-bond acceptors (Lipinski definition) is 5. The van der Waals surface area contributed by atoms with Gasteiger partial charge in [-0.15, -0.1) is 0 Å². The molecule has 4 rings (SSSR count). The summed E-state index contributed by atoms with van der Waals surface area (Å²) in [5, 5.41) is 9.94. The summed E-state index contributed by atoms with van der Waals surface area (Å²) in [4.78, 5) is 23.8. The minimum absolute atomic E-state index is 0.0988. The van der Waals surface area contributed by atoms with Crippen LogP contribution in [0, 0.1) is 0 Å². The lowest BCUT2D eigenvalue weighted by Crippen LogP contribution is -2.57. The van der Waals surface area contributed by atoms with E-state index in [4.69, 9.17) is 0 Å². The predicted octanol–water partition coefficient (Wildman–Crippen LogP) is 0.100. The van der Waals surface area contributed by atoms with Crippen LogP contribution >= 0.6 is 0 Å². The van der Waals surface area contributed by atoms with Gasteiger partial charge in [0.05, 0.1) is 11.6 Å². The van der Waals surface area contributed by atoms with Gasteiger partial charge in [0.1, 0.15) is 5.82 Å². The van der Waals surface area contributed by atoms with Gasteiger partial charge < -0.3 is 10.1 Å². The molecule has 1 unspecified atom stereocenters. The summed E-state index contributed by atoms with van der Waals surface area (Å²) in [6, 6.07) is 0.108. The van der Waals surface area contributed by atoms with Gasteiger partial charge in [-0.3, -0.25) is 14.6 Å². The Bertz CT molecular complexity index is 520. The third-order valence-corrected chi connectivity index (χ3v) is 4.11. The van der Waals surface area contributed by atoms with Crippen molar-refractivity contribution in [2.75, 3.05) is 32.7 Å². The Morgan fingerprint density at radius 2 is 2.11 bits per heavy atom. The summed E-state index contributed by atoms with van der Waals surface area (Å²) in [6.45, 7) is 7.04. The maximum Gasteiger partial charge on any atom is 0.257 e. The molecule has 3 aliphatic rings. The van der Waals surface area contributed by atoms with Crippen molar-refractivity contribution in [3.05, 3.63) is 21.7 Å². The Hall–Kier alpha value is -1.40. The van der Waals surface area contributed by atoms with Gasteiger partial charge in [-0.05, 0) is 6.42 Å². The zero-order chi connectivity index (χ0) is 13.4. The Balaban J connectivity index is 1.91. The van der Waals surface area contributed by atoms with Crippen LogP contribution in [0.5, 0.6) is 5.88 Å². The first-order valence-corrected chi connectivity index (χ1v) is 6.97. The molecule has 4 heterocycles. The number of nitrogens with zero attached hydrogens (tertiary/aromatic N) is 3. The SMILES string of the molecule is CCCc1c(O)nc(C2CN3CCN2CC3)[nH]c1=O. The standard InChI is InChI=1S/C13H20N4O2/c1-2-3-9-12(18)14-11(15-13(9)19)10-8-16-4-6-17(10)7-5-16/h10H,2-8H2,1H3,(H2,14,15,18,19). The van der Waals surface area contributed by atoms with Gasteiger partial charge in [-0.1, -0.05) is 13.3 Å². The molecule has 2 N–H and O–H groups in total. The van der Waals surface area contributed by atoms with Crippen molar-refractivity contribution < 1.29 is 5.11 Å². The highest BCUT2D eigenvalue weighted by Gasteiger charge is 2.34. The quantitative estimate of drug-likeness (QED) is 0.810. The summed E-state index contributed by atoms with van der Waals surface area (Å²) in [7, 11) is 0. The second-order valence-electron chi connectivity index (χ2n) is 5.36. The van der Waals surface area contributed by atoms with Crippen LogP contribution in [0.2, 0.25) is 0 Å². The first-order valence-electron chi connectivity index (χ1n) is 6.97. The third kappa shape index (κ3) is 2.26. The Labute approximate surface area is 112 Å². The second-order valence-corrected chi connectivity index (χ2v) is 5.36. The zero-order valence-electron chi connectivity index (χ0n) is 11.2. The van der Waals surface area contributed by atoms with Crippen LogP contribution < -0.4 is 5.56 Å². The average molecular weight is 264 g/mol. The van der Waals surface area contributed by atoms with Crippen LogP contribution in [0.25, 0.3) is 0 Å². The molecule has 0 spiro atoms. The number of aromatic nitrogens is 2. The van der Waals surface area contributed by atoms with E-state index < -0.39 is 0 Å². The molecule has 0 amide bonds. The number of H-pyrrole nitrogens is 1. The van der Waals surface area contributed by atoms with E-state index in [9.17, 15) is 9.90 Å². The predicted molar refractivity (Wildman–Crippen MR) is 71.3 cm³/mol. The summed E-state index contributed by atoms with van der Waals surface area (Å²) >= 11 is 0. The molecule has 3 saturated heterocycles. The van der Waals surface area contributed by atoms with Gasteiger partial charge in [0.25, 0.3) is 5.56 Å². The fraction of sp³-hybridized carbons (Fsp3) is 0.692. The molecule has 6 heteroatoms. The number of hydrogen-bond donors (Lipinski definition) is 2. The normalized spacial score (nSPS) is 29.6. The lowest BCUT2D eigenvalue weighted by molar-refractivity contribution is 0.00830. The van der Waals surface area contributed by atoms with E-state index in [1.807, 2.05) is 6.92 Å². The summed E-state index contributed by atoms with van der Waals surface area (Å²) in [5.41, 5.74) is 0.213. The molecule has 6 nitrogen and oxygen atoms in total. The monoisotopic (exact) mass is 264 g/mol. The molecule has 2 bridgehead atoms. The molecule has 3 fully saturated rings. The highest BCUT2D eigenvalue weighted by molar-refractivity contribution is 5.23. The minimum atomic E-state index is -0.193. The molecular weight excluding hydrogens is 244 g/mol. The number of nitrogens with one attached hydrogen (secondary N) is 1. The second kappa shape index (κ2) is 4.94. The number of rotatable bonds is 3. The lowest BCUT2D eigenvalue weighted by Gasteiger charge is -2.46. The number of aromatic amines is 1. The Morgan fingerprint density at radius 3 is 2.63 bits per heavy atom. The zero-order valence-corrected chi connectivity index (χ0v) is 11.2. The van der Waals surface area contributed by atoms with Crippen molar-refractivity contribution in [2.24, 2.45) is 0 Å². The van der Waals surface area contributed by atoms with Gasteiger partial charge in [0.2, 0.25) is 5.88 Å². The molecule has 0 aromatic carbocycles. The lowest BCUT2D eigenvalue weighted by atomic mass is 10.1. The van der Waals surface area contributed by atoms with Crippen molar-refractivity contribution in [2.45, 2.75) is 25.8 Å². The van der Waals surface area contributed by atoms with Crippen molar-refractivity contribution in [3.63, 3.8) is 0 Å². The first kappa shape index (κ1) is 12.6. The highest BCUT2D eigenvalue weighted by atomic mass is 16.3. The number of aromatic hydroxyl groups is 1. The van der Waals surface area contributed by atoms with Crippen LogP contribution in [0.1, 0.15) is 30.8 Å². The van der Waals surface area contributed by atoms with Gasteiger partial charge in [-0.25, -0.2) is 0 Å². The number of piperazine rings is 3. The molecule has 1 aromatic heterocycles. The molecule has 0 aliphatic carbocycles. The van der Waals surface area contributed by atoms with Gasteiger partial charge in [0, 0.05) is 32.7 Å². The fourth-order valence-corrected chi connectivity index (χ4v) is 3.01. The fourth-order valence-electron chi connectivity index (χ4n) is 3.01. The van der Waals surface area contributed by atoms with Gasteiger partial charge in [0.15, 0.2) is 0 Å². The van der Waals surface area contributed by atoms with Gasteiger partial charge in [-0.2, -0.15) is 4.98 Å². The summed E-state index contributed by atoms with van der Waals surface area (Å²) in [6.07, 6.45) is 1.38. The van der Waals surface area contributed by atoms with Crippen LogP contribution in [-0.4, -0.2) is 57.6 Å². The van der Waals surface area contributed by atoms with Crippen LogP contribution in [0.4, 0.5) is 0 Å². The maximum atomic E-state index is 12.0. The van der Waals surface area contributed by atoms with Crippen molar-refractivity contribution in [3.8, 4) is 5.88 Å². The molecule has 0 saturated carbocycles. The molecular formula is C13H20N4O2. The minimum Gasteiger partial charge on any atom is -0.493 e. The number of fused-ring (bicyclic) bond motifs is 3. The van der Waals surface area contributed by atoms with Crippen LogP contribution in [-0.2, 0) is 6.42 Å². The van der Waals surface area contributed by atoms with Crippen molar-refractivity contribution >= 4 is 0 Å². The molecule has 19 heavy (non-hydrogen) atoms. The summed E-state index contributed by atoms with van der Waals surface area (Å²) < 4.78 is 0. The van der Waals surface area contributed by atoms with Gasteiger partial charge >= 0.3 is 0 Å². The van der Waals surface area contributed by atoms with Crippen molar-refractivity contribution in [1.29, 1.82) is 0 Å². The van der Waals surface area contributed by atoms with E-state index >= 15 is 0 Å². The Morgan fingerprint density at radius 1 is 1.37 bits per heavy atom. The van der Waals surface area contributed by atoms with E-state index in [0.29, 0.717) is 17.8 Å². The average Bonchev–Trinajstić information content (AvgIpc) is 2.44. The van der Waals surface area contributed by atoms with E-state index in [1.165, 1.54) is 0 Å². The summed E-state index contributed by atoms with van der Waals surface area (Å²) in [5.74, 6) is 0.505. The van der Waals surface area contributed by atoms with E-state index in [-0.39, 0.29) is 17.5 Å². The molecule has 1 atom stereocenters. The first-order chi connectivity index (χ1) is 9.19. The molecule has 3 aliphatic heterocycles. The topological polar surface area (TPSA) is 72.5 Å². The van der Waals surface area contributed by atoms with Crippen molar-refractivity contribution in [1.82, 2.24) is 19.8 Å². The molecule has 0 radical (unpaired) electrons. The van der Waals surface area contributed by atoms with E-state index in [0.717, 1.165) is 39.1 Å². The molecule has 1 aromatic rings. The van der Waals surface area contributed by atoms with Crippen LogP contribution in [0.3, 0.4) is 0 Å². The molecule has 104 valence electrons. The van der Waals surface area contributed by atoms with Crippen LogP contribution in [0.15, 0.2) is 4.79 Å². The Kier molecular flexibility index (Phi) is 3.28.